The first-order valence-electron chi connectivity index (χ1n) is 7.57. The van der Waals surface area contributed by atoms with E-state index >= 15 is 0 Å². The molecule has 0 amide bonds. The van der Waals surface area contributed by atoms with Gasteiger partial charge in [0.15, 0.2) is 5.96 Å². The van der Waals surface area contributed by atoms with Crippen LogP contribution in [-0.2, 0) is 0 Å². The molecule has 0 aliphatic carbocycles. The molecule has 1 aliphatic heterocycles. The van der Waals surface area contributed by atoms with Crippen molar-refractivity contribution in [3.63, 3.8) is 0 Å². The second kappa shape index (κ2) is 7.01. The zero-order valence-electron chi connectivity index (χ0n) is 13.0. The van der Waals surface area contributed by atoms with Gasteiger partial charge in [-0.3, -0.25) is 0 Å². The predicted molar refractivity (Wildman–Crippen MR) is 80.2 cm³/mol. The minimum atomic E-state index is 0.0224. The Balaban J connectivity index is 2.72. The van der Waals surface area contributed by atoms with E-state index in [4.69, 9.17) is 4.99 Å². The summed E-state index contributed by atoms with van der Waals surface area (Å²) >= 11 is 0. The molecular formula is C15H31N3. The lowest BCUT2D eigenvalue weighted by Gasteiger charge is -2.26. The molecule has 0 aromatic rings. The second-order valence-electron chi connectivity index (χ2n) is 6.26. The molecule has 106 valence electrons. The van der Waals surface area contributed by atoms with Crippen molar-refractivity contribution in [3.05, 3.63) is 0 Å². The molecular weight excluding hydrogens is 222 g/mol. The summed E-state index contributed by atoms with van der Waals surface area (Å²) in [6, 6.07) is 0. The fraction of sp³-hybridized carbons (Fsp3) is 0.933. The maximum atomic E-state index is 4.95. The van der Waals surface area contributed by atoms with Crippen molar-refractivity contribution in [1.82, 2.24) is 9.80 Å². The first-order chi connectivity index (χ1) is 8.48. The normalized spacial score (nSPS) is 16.6. The summed E-state index contributed by atoms with van der Waals surface area (Å²) in [4.78, 5) is 9.90. The number of unbranched alkanes of at least 4 members (excludes halogenated alkanes) is 2. The molecule has 3 nitrogen and oxygen atoms in total. The molecule has 0 saturated carbocycles. The van der Waals surface area contributed by atoms with Gasteiger partial charge in [-0.2, -0.15) is 0 Å². The van der Waals surface area contributed by atoms with Crippen molar-refractivity contribution in [2.75, 3.05) is 26.2 Å². The number of hydrogen-bond donors (Lipinski definition) is 0. The third-order valence-electron chi connectivity index (χ3n) is 3.20. The lowest BCUT2D eigenvalue weighted by Crippen LogP contribution is -2.37. The molecule has 3 heteroatoms. The Morgan fingerprint density at radius 3 is 1.72 bits per heavy atom. The largest absolute Gasteiger partial charge is 0.341 e. The van der Waals surface area contributed by atoms with Gasteiger partial charge in [-0.25, -0.2) is 4.99 Å². The first kappa shape index (κ1) is 15.3. The van der Waals surface area contributed by atoms with E-state index in [1.165, 1.54) is 31.6 Å². The summed E-state index contributed by atoms with van der Waals surface area (Å²) in [5.74, 6) is 1.24. The lowest BCUT2D eigenvalue weighted by atomic mass is 10.1. The van der Waals surface area contributed by atoms with Crippen LogP contribution in [0.1, 0.15) is 60.3 Å². The molecule has 0 bridgehead atoms. The van der Waals surface area contributed by atoms with Gasteiger partial charge in [0, 0.05) is 26.2 Å². The average molecular weight is 253 g/mol. The third-order valence-corrected chi connectivity index (χ3v) is 3.20. The maximum absolute atomic E-state index is 4.95. The standard InChI is InChI=1S/C15H31N3/c1-6-8-10-17-12-13-18(11-9-7-2)14(17)16-15(3,4)5/h6-13H2,1-5H3. The van der Waals surface area contributed by atoms with Crippen LogP contribution >= 0.6 is 0 Å². The van der Waals surface area contributed by atoms with Crippen molar-refractivity contribution in [2.45, 2.75) is 65.8 Å². The van der Waals surface area contributed by atoms with Crippen LogP contribution in [0.2, 0.25) is 0 Å². The maximum Gasteiger partial charge on any atom is 0.197 e. The van der Waals surface area contributed by atoms with Crippen LogP contribution in [-0.4, -0.2) is 47.5 Å². The van der Waals surface area contributed by atoms with Gasteiger partial charge in [0.2, 0.25) is 0 Å². The smallest absolute Gasteiger partial charge is 0.197 e. The molecule has 0 radical (unpaired) electrons. The van der Waals surface area contributed by atoms with Crippen molar-refractivity contribution in [3.8, 4) is 0 Å². The van der Waals surface area contributed by atoms with Gasteiger partial charge >= 0.3 is 0 Å². The molecule has 1 rings (SSSR count). The molecule has 1 saturated heterocycles. The minimum Gasteiger partial charge on any atom is -0.341 e. The van der Waals surface area contributed by atoms with Gasteiger partial charge in [0.25, 0.3) is 0 Å². The topological polar surface area (TPSA) is 18.8 Å². The molecule has 1 aliphatic rings. The van der Waals surface area contributed by atoms with Crippen LogP contribution in [0.15, 0.2) is 4.99 Å². The highest BCUT2D eigenvalue weighted by molar-refractivity contribution is 5.82. The zero-order chi connectivity index (χ0) is 13.6. The molecule has 18 heavy (non-hydrogen) atoms. The minimum absolute atomic E-state index is 0.0224. The number of guanidine groups is 1. The van der Waals surface area contributed by atoms with E-state index in [-0.39, 0.29) is 5.54 Å². The molecule has 0 unspecified atom stereocenters. The lowest BCUT2D eigenvalue weighted by molar-refractivity contribution is 0.427. The highest BCUT2D eigenvalue weighted by Gasteiger charge is 2.27. The van der Waals surface area contributed by atoms with Crippen LogP contribution in [0.3, 0.4) is 0 Å². The van der Waals surface area contributed by atoms with E-state index in [9.17, 15) is 0 Å². The summed E-state index contributed by atoms with van der Waals surface area (Å²) in [5, 5.41) is 0. The highest BCUT2D eigenvalue weighted by atomic mass is 15.4. The molecule has 0 N–H and O–H groups in total. The van der Waals surface area contributed by atoms with Crippen LogP contribution in [0, 0.1) is 0 Å². The Labute approximate surface area is 113 Å². The fourth-order valence-corrected chi connectivity index (χ4v) is 2.20. The van der Waals surface area contributed by atoms with Crippen molar-refractivity contribution < 1.29 is 0 Å². The average Bonchev–Trinajstić information content (AvgIpc) is 2.64. The molecule has 1 heterocycles. The van der Waals surface area contributed by atoms with Gasteiger partial charge in [0.1, 0.15) is 0 Å². The van der Waals surface area contributed by atoms with E-state index in [0.29, 0.717) is 0 Å². The third kappa shape index (κ3) is 4.87. The monoisotopic (exact) mass is 253 g/mol. The van der Waals surface area contributed by atoms with E-state index in [1.54, 1.807) is 0 Å². The number of nitrogens with zero attached hydrogens (tertiary/aromatic N) is 3. The Bertz CT molecular complexity index is 247. The quantitative estimate of drug-likeness (QED) is 0.723. The number of hydrogen-bond acceptors (Lipinski definition) is 1. The summed E-state index contributed by atoms with van der Waals surface area (Å²) in [6.45, 7) is 15.7. The summed E-state index contributed by atoms with van der Waals surface area (Å²) in [7, 11) is 0. The Morgan fingerprint density at radius 2 is 1.39 bits per heavy atom. The Kier molecular flexibility index (Phi) is 5.97. The number of rotatable bonds is 6. The first-order valence-corrected chi connectivity index (χ1v) is 7.57. The van der Waals surface area contributed by atoms with Gasteiger partial charge in [-0.1, -0.05) is 26.7 Å². The second-order valence-corrected chi connectivity index (χ2v) is 6.26. The highest BCUT2D eigenvalue weighted by Crippen LogP contribution is 2.16. The van der Waals surface area contributed by atoms with Gasteiger partial charge in [0.05, 0.1) is 5.54 Å². The van der Waals surface area contributed by atoms with Crippen LogP contribution < -0.4 is 0 Å². The molecule has 0 aromatic heterocycles. The van der Waals surface area contributed by atoms with E-state index < -0.39 is 0 Å². The molecule has 0 aromatic carbocycles. The van der Waals surface area contributed by atoms with Crippen LogP contribution in [0.25, 0.3) is 0 Å². The fourth-order valence-electron chi connectivity index (χ4n) is 2.20. The van der Waals surface area contributed by atoms with Crippen LogP contribution in [0.5, 0.6) is 0 Å². The molecule has 0 atom stereocenters. The van der Waals surface area contributed by atoms with E-state index in [1.807, 2.05) is 0 Å². The molecule has 1 fully saturated rings. The Hall–Kier alpha value is -0.730. The summed E-state index contributed by atoms with van der Waals surface area (Å²) in [6.07, 6.45) is 5.05. The zero-order valence-corrected chi connectivity index (χ0v) is 13.0. The summed E-state index contributed by atoms with van der Waals surface area (Å²) in [5.41, 5.74) is 0.0224. The summed E-state index contributed by atoms with van der Waals surface area (Å²) < 4.78 is 0. The van der Waals surface area contributed by atoms with Crippen molar-refractivity contribution in [1.29, 1.82) is 0 Å². The van der Waals surface area contributed by atoms with Gasteiger partial charge < -0.3 is 9.80 Å². The Morgan fingerprint density at radius 1 is 0.944 bits per heavy atom. The predicted octanol–water partition coefficient (Wildman–Crippen LogP) is 3.36. The van der Waals surface area contributed by atoms with Gasteiger partial charge in [-0.15, -0.1) is 0 Å². The van der Waals surface area contributed by atoms with Crippen molar-refractivity contribution in [2.24, 2.45) is 4.99 Å². The van der Waals surface area contributed by atoms with Crippen molar-refractivity contribution >= 4 is 5.96 Å². The van der Waals surface area contributed by atoms with Gasteiger partial charge in [-0.05, 0) is 33.6 Å². The van der Waals surface area contributed by atoms with E-state index in [0.717, 1.165) is 26.2 Å². The van der Waals surface area contributed by atoms with E-state index in [2.05, 4.69) is 44.4 Å². The molecule has 0 spiro atoms. The number of aliphatic imine (C=N–C) groups is 1. The van der Waals surface area contributed by atoms with Crippen LogP contribution in [0.4, 0.5) is 0 Å². The SMILES string of the molecule is CCCCN1CCN(CCCC)C1=NC(C)(C)C.